The summed E-state index contributed by atoms with van der Waals surface area (Å²) in [4.78, 5) is 9.55. The van der Waals surface area contributed by atoms with E-state index in [1.54, 1.807) is 0 Å². The van der Waals surface area contributed by atoms with Crippen LogP contribution < -0.4 is 11.1 Å². The van der Waals surface area contributed by atoms with E-state index in [1.807, 2.05) is 6.07 Å². The molecule has 0 radical (unpaired) electrons. The number of anilines is 1. The van der Waals surface area contributed by atoms with E-state index in [4.69, 9.17) is 5.73 Å². The van der Waals surface area contributed by atoms with Crippen molar-refractivity contribution in [2.45, 2.75) is 33.7 Å². The van der Waals surface area contributed by atoms with E-state index in [0.29, 0.717) is 17.9 Å². The molecule has 24 heavy (non-hydrogen) atoms. The minimum atomic E-state index is 0.443. The predicted molar refractivity (Wildman–Crippen MR) is 104 cm³/mol. The molecule has 2 rings (SSSR count). The van der Waals surface area contributed by atoms with E-state index in [0.717, 1.165) is 38.4 Å². The van der Waals surface area contributed by atoms with Crippen molar-refractivity contribution in [3.05, 3.63) is 29.3 Å². The summed E-state index contributed by atoms with van der Waals surface area (Å²) in [6.07, 6.45) is 0. The van der Waals surface area contributed by atoms with Crippen molar-refractivity contribution in [3.63, 3.8) is 0 Å². The molecule has 1 aromatic rings. The van der Waals surface area contributed by atoms with E-state index >= 15 is 0 Å². The second-order valence-electron chi connectivity index (χ2n) is 7.30. The smallest absolute Gasteiger partial charge is 0.193 e. The van der Waals surface area contributed by atoms with Crippen LogP contribution in [0.2, 0.25) is 0 Å². The maximum Gasteiger partial charge on any atom is 0.193 e. The van der Waals surface area contributed by atoms with Gasteiger partial charge in [-0.3, -0.25) is 9.89 Å². The van der Waals surface area contributed by atoms with Crippen molar-refractivity contribution < 1.29 is 0 Å². The van der Waals surface area contributed by atoms with Gasteiger partial charge in [-0.1, -0.05) is 19.9 Å². The molecule has 5 heteroatoms. The number of nitrogens with one attached hydrogen (secondary N) is 1. The Morgan fingerprint density at radius 1 is 1.17 bits per heavy atom. The monoisotopic (exact) mass is 331 g/mol. The van der Waals surface area contributed by atoms with Crippen molar-refractivity contribution >= 4 is 11.6 Å². The lowest BCUT2D eigenvalue weighted by atomic mass is 10.0. The third-order valence-electron chi connectivity index (χ3n) is 5.00. The standard InChI is InChI=1S/C19H33N5/c1-14(2)18(24-10-8-23(5)9-11-24)13-21-19(20)22-17-7-6-15(3)16(4)12-17/h6-7,12,14,18H,8-11,13H2,1-5H3,(H3,20,21,22). The molecule has 0 bridgehead atoms. The minimum Gasteiger partial charge on any atom is -0.370 e. The van der Waals surface area contributed by atoms with Crippen molar-refractivity contribution in [1.29, 1.82) is 0 Å². The molecule has 0 aromatic heterocycles. The zero-order chi connectivity index (χ0) is 17.7. The third-order valence-corrected chi connectivity index (χ3v) is 5.00. The molecule has 5 nitrogen and oxygen atoms in total. The molecule has 0 amide bonds. The topological polar surface area (TPSA) is 56.9 Å². The average Bonchev–Trinajstić information content (AvgIpc) is 2.52. The van der Waals surface area contributed by atoms with Gasteiger partial charge in [0.2, 0.25) is 0 Å². The van der Waals surface area contributed by atoms with E-state index in [-0.39, 0.29) is 0 Å². The largest absolute Gasteiger partial charge is 0.370 e. The second-order valence-corrected chi connectivity index (χ2v) is 7.30. The molecule has 0 aliphatic carbocycles. The summed E-state index contributed by atoms with van der Waals surface area (Å²) in [5, 5.41) is 3.22. The Kier molecular flexibility index (Phi) is 6.63. The summed E-state index contributed by atoms with van der Waals surface area (Å²) in [7, 11) is 2.19. The maximum absolute atomic E-state index is 6.11. The van der Waals surface area contributed by atoms with Crippen LogP contribution >= 0.6 is 0 Å². The fourth-order valence-corrected chi connectivity index (χ4v) is 3.10. The summed E-state index contributed by atoms with van der Waals surface area (Å²) in [6, 6.07) is 6.70. The van der Waals surface area contributed by atoms with Crippen LogP contribution in [-0.4, -0.2) is 61.6 Å². The fourth-order valence-electron chi connectivity index (χ4n) is 3.10. The number of nitrogens with two attached hydrogens (primary N) is 1. The van der Waals surface area contributed by atoms with Crippen LogP contribution in [0.1, 0.15) is 25.0 Å². The van der Waals surface area contributed by atoms with Gasteiger partial charge in [-0.15, -0.1) is 0 Å². The first-order valence-corrected chi connectivity index (χ1v) is 8.93. The Hall–Kier alpha value is -1.59. The lowest BCUT2D eigenvalue weighted by Gasteiger charge is -2.39. The van der Waals surface area contributed by atoms with Gasteiger partial charge in [-0.25, -0.2) is 0 Å². The number of benzene rings is 1. The van der Waals surface area contributed by atoms with Gasteiger partial charge in [0, 0.05) is 37.9 Å². The Morgan fingerprint density at radius 3 is 2.42 bits per heavy atom. The van der Waals surface area contributed by atoms with Crippen LogP contribution in [0.3, 0.4) is 0 Å². The van der Waals surface area contributed by atoms with E-state index in [9.17, 15) is 0 Å². The van der Waals surface area contributed by atoms with E-state index in [1.165, 1.54) is 11.1 Å². The molecule has 0 spiro atoms. The predicted octanol–water partition coefficient (Wildman–Crippen LogP) is 2.30. The van der Waals surface area contributed by atoms with E-state index in [2.05, 4.69) is 67.0 Å². The summed E-state index contributed by atoms with van der Waals surface area (Å²) in [5.41, 5.74) is 9.64. The molecule has 1 aromatic carbocycles. The lowest BCUT2D eigenvalue weighted by molar-refractivity contribution is 0.0926. The molecule has 1 atom stereocenters. The number of rotatable bonds is 5. The highest BCUT2D eigenvalue weighted by Crippen LogP contribution is 2.15. The molecule has 0 saturated carbocycles. The summed E-state index contributed by atoms with van der Waals surface area (Å²) >= 11 is 0. The van der Waals surface area contributed by atoms with Crippen LogP contribution in [0.15, 0.2) is 23.2 Å². The fraction of sp³-hybridized carbons (Fsp3) is 0.632. The van der Waals surface area contributed by atoms with Crippen molar-refractivity contribution in [1.82, 2.24) is 9.80 Å². The highest BCUT2D eigenvalue weighted by molar-refractivity contribution is 5.92. The van der Waals surface area contributed by atoms with Gasteiger partial charge in [0.25, 0.3) is 0 Å². The Balaban J connectivity index is 1.96. The van der Waals surface area contributed by atoms with Crippen LogP contribution in [0, 0.1) is 19.8 Å². The summed E-state index contributed by atoms with van der Waals surface area (Å²) in [6.45, 7) is 14.0. The number of aryl methyl sites for hydroxylation is 2. The number of aliphatic imine (C=N–C) groups is 1. The highest BCUT2D eigenvalue weighted by atomic mass is 15.3. The number of guanidine groups is 1. The van der Waals surface area contributed by atoms with Crippen LogP contribution in [0.4, 0.5) is 5.69 Å². The average molecular weight is 332 g/mol. The van der Waals surface area contributed by atoms with Crippen molar-refractivity contribution in [3.8, 4) is 0 Å². The molecule has 1 aliphatic heterocycles. The van der Waals surface area contributed by atoms with Gasteiger partial charge < -0.3 is 16.0 Å². The molecule has 134 valence electrons. The SMILES string of the molecule is Cc1ccc(NC(N)=NCC(C(C)C)N2CCN(C)CC2)cc1C. The van der Waals surface area contributed by atoms with Gasteiger partial charge in [0.1, 0.15) is 0 Å². The molecule has 1 fully saturated rings. The highest BCUT2D eigenvalue weighted by Gasteiger charge is 2.24. The summed E-state index contributed by atoms with van der Waals surface area (Å²) in [5.74, 6) is 1.06. The minimum absolute atomic E-state index is 0.443. The second kappa shape index (κ2) is 8.49. The molecule has 1 heterocycles. The maximum atomic E-state index is 6.11. The first kappa shape index (κ1) is 18.7. The first-order chi connectivity index (χ1) is 11.4. The van der Waals surface area contributed by atoms with Gasteiger partial charge in [0.15, 0.2) is 5.96 Å². The van der Waals surface area contributed by atoms with Crippen LogP contribution in [0.5, 0.6) is 0 Å². The van der Waals surface area contributed by atoms with E-state index < -0.39 is 0 Å². The molecule has 1 aliphatic rings. The zero-order valence-electron chi connectivity index (χ0n) is 15.8. The quantitative estimate of drug-likeness (QED) is 0.642. The molecular formula is C19H33N5. The number of piperazine rings is 1. The Labute approximate surface area is 146 Å². The van der Waals surface area contributed by atoms with Gasteiger partial charge >= 0.3 is 0 Å². The van der Waals surface area contributed by atoms with Crippen molar-refractivity contribution in [2.24, 2.45) is 16.6 Å². The number of hydrogen-bond acceptors (Lipinski definition) is 3. The van der Waals surface area contributed by atoms with Crippen molar-refractivity contribution in [2.75, 3.05) is 45.1 Å². The molecular weight excluding hydrogens is 298 g/mol. The molecule has 1 unspecified atom stereocenters. The van der Waals surface area contributed by atoms with Crippen LogP contribution in [-0.2, 0) is 0 Å². The lowest BCUT2D eigenvalue weighted by Crippen LogP contribution is -2.51. The third kappa shape index (κ3) is 5.21. The van der Waals surface area contributed by atoms with Gasteiger partial charge in [-0.05, 0) is 50.1 Å². The van der Waals surface area contributed by atoms with Gasteiger partial charge in [-0.2, -0.15) is 0 Å². The Bertz CT molecular complexity index is 559. The molecule has 3 N–H and O–H groups in total. The first-order valence-electron chi connectivity index (χ1n) is 8.93. The summed E-state index contributed by atoms with van der Waals surface area (Å²) < 4.78 is 0. The van der Waals surface area contributed by atoms with Gasteiger partial charge in [0.05, 0.1) is 6.54 Å². The zero-order valence-corrected chi connectivity index (χ0v) is 15.8. The number of hydrogen-bond donors (Lipinski definition) is 2. The number of nitrogens with zero attached hydrogens (tertiary/aromatic N) is 3. The number of likely N-dealkylation sites (N-methyl/N-ethyl adjacent to an activating group) is 1. The van der Waals surface area contributed by atoms with Crippen LogP contribution in [0.25, 0.3) is 0 Å². The Morgan fingerprint density at radius 2 is 1.83 bits per heavy atom. The molecule has 1 saturated heterocycles. The normalized spacial score (nSPS) is 18.8.